The molecule has 0 bridgehead atoms. The van der Waals surface area contributed by atoms with E-state index in [0.29, 0.717) is 0 Å². The summed E-state index contributed by atoms with van der Waals surface area (Å²) >= 11 is 0. The molecule has 0 rings (SSSR count). The van der Waals surface area contributed by atoms with Gasteiger partial charge in [0.2, 0.25) is 0 Å². The molecule has 0 aliphatic carbocycles. The first-order chi connectivity index (χ1) is 9.77. The van der Waals surface area contributed by atoms with Crippen molar-refractivity contribution in [3.05, 3.63) is 24.3 Å². The number of allylic oxidation sites excluding steroid dienone is 4. The zero-order valence-electron chi connectivity index (χ0n) is 12.7. The lowest BCUT2D eigenvalue weighted by Gasteiger charge is -1.92. The molecule has 0 aromatic carbocycles. The minimum absolute atomic E-state index is 0.282. The molecule has 0 fully saturated rings. The molecule has 2 heteroatoms. The van der Waals surface area contributed by atoms with Gasteiger partial charge in [-0.15, -0.1) is 5.92 Å². The Morgan fingerprint density at radius 3 is 2.55 bits per heavy atom. The lowest BCUT2D eigenvalue weighted by Crippen LogP contribution is -1.92. The third-order valence-electron chi connectivity index (χ3n) is 2.87. The summed E-state index contributed by atoms with van der Waals surface area (Å²) in [6.45, 7) is 2.20. The topological polar surface area (TPSA) is 37.3 Å². The highest BCUT2D eigenvalue weighted by Gasteiger charge is 1.93. The van der Waals surface area contributed by atoms with Gasteiger partial charge in [-0.05, 0) is 32.1 Å². The third-order valence-corrected chi connectivity index (χ3v) is 2.87. The Balaban J connectivity index is 3.36. The Hall–Kier alpha value is -1.49. The van der Waals surface area contributed by atoms with E-state index in [1.165, 1.54) is 19.3 Å². The molecule has 0 aliphatic heterocycles. The molecule has 0 amide bonds. The lowest BCUT2D eigenvalue weighted by atomic mass is 10.2. The van der Waals surface area contributed by atoms with E-state index in [1.807, 2.05) is 0 Å². The SMILES string of the molecule is CCCCCC#CC/C=C\C/C=C\CCCCC(=O)O. The van der Waals surface area contributed by atoms with Gasteiger partial charge in [-0.1, -0.05) is 50.0 Å². The van der Waals surface area contributed by atoms with Crippen molar-refractivity contribution in [2.45, 2.75) is 71.1 Å². The second-order valence-corrected chi connectivity index (χ2v) is 4.83. The van der Waals surface area contributed by atoms with E-state index in [9.17, 15) is 4.79 Å². The van der Waals surface area contributed by atoms with E-state index in [0.717, 1.165) is 38.5 Å². The fraction of sp³-hybridized carbons (Fsp3) is 0.611. The molecule has 20 heavy (non-hydrogen) atoms. The summed E-state index contributed by atoms with van der Waals surface area (Å²) in [6, 6.07) is 0. The van der Waals surface area contributed by atoms with Crippen molar-refractivity contribution < 1.29 is 9.90 Å². The molecule has 0 unspecified atom stereocenters. The van der Waals surface area contributed by atoms with Gasteiger partial charge in [0.25, 0.3) is 0 Å². The number of hydrogen-bond donors (Lipinski definition) is 1. The zero-order chi connectivity index (χ0) is 14.9. The fourth-order valence-corrected chi connectivity index (χ4v) is 1.69. The second-order valence-electron chi connectivity index (χ2n) is 4.83. The number of aliphatic carboxylic acids is 1. The molecule has 0 saturated carbocycles. The van der Waals surface area contributed by atoms with Gasteiger partial charge >= 0.3 is 5.97 Å². The smallest absolute Gasteiger partial charge is 0.303 e. The number of carbonyl (C=O) groups is 1. The lowest BCUT2D eigenvalue weighted by molar-refractivity contribution is -0.137. The molecule has 0 atom stereocenters. The van der Waals surface area contributed by atoms with Crippen molar-refractivity contribution in [2.75, 3.05) is 0 Å². The first-order valence-corrected chi connectivity index (χ1v) is 7.75. The Labute approximate surface area is 124 Å². The van der Waals surface area contributed by atoms with Crippen LogP contribution in [-0.2, 0) is 4.79 Å². The van der Waals surface area contributed by atoms with Gasteiger partial charge in [0.1, 0.15) is 0 Å². The highest BCUT2D eigenvalue weighted by atomic mass is 16.4. The molecule has 0 aromatic rings. The van der Waals surface area contributed by atoms with Crippen LogP contribution in [0, 0.1) is 11.8 Å². The minimum atomic E-state index is -0.701. The van der Waals surface area contributed by atoms with Gasteiger partial charge in [0.15, 0.2) is 0 Å². The first-order valence-electron chi connectivity index (χ1n) is 7.75. The zero-order valence-corrected chi connectivity index (χ0v) is 12.7. The van der Waals surface area contributed by atoms with Crippen LogP contribution in [0.2, 0.25) is 0 Å². The van der Waals surface area contributed by atoms with Crippen LogP contribution < -0.4 is 0 Å². The Morgan fingerprint density at radius 2 is 1.80 bits per heavy atom. The highest BCUT2D eigenvalue weighted by Crippen LogP contribution is 2.01. The molecule has 112 valence electrons. The average Bonchev–Trinajstić information content (AvgIpc) is 2.43. The van der Waals surface area contributed by atoms with Crippen LogP contribution >= 0.6 is 0 Å². The fourth-order valence-electron chi connectivity index (χ4n) is 1.69. The van der Waals surface area contributed by atoms with E-state index in [2.05, 4.69) is 43.1 Å². The van der Waals surface area contributed by atoms with Crippen LogP contribution in [0.15, 0.2) is 24.3 Å². The van der Waals surface area contributed by atoms with Crippen molar-refractivity contribution >= 4 is 5.97 Å². The number of rotatable bonds is 11. The molecule has 2 nitrogen and oxygen atoms in total. The summed E-state index contributed by atoms with van der Waals surface area (Å²) in [5, 5.41) is 8.48. The first kappa shape index (κ1) is 18.5. The predicted octanol–water partition coefficient (Wildman–Crippen LogP) is 5.11. The quantitative estimate of drug-likeness (QED) is 0.323. The Kier molecular flexibility index (Phi) is 14.4. The van der Waals surface area contributed by atoms with Crippen LogP contribution in [0.25, 0.3) is 0 Å². The van der Waals surface area contributed by atoms with Gasteiger partial charge in [-0.2, -0.15) is 0 Å². The van der Waals surface area contributed by atoms with Gasteiger partial charge in [0.05, 0.1) is 0 Å². The van der Waals surface area contributed by atoms with Crippen molar-refractivity contribution in [2.24, 2.45) is 0 Å². The summed E-state index contributed by atoms with van der Waals surface area (Å²) in [6.07, 6.45) is 18.0. The summed E-state index contributed by atoms with van der Waals surface area (Å²) < 4.78 is 0. The highest BCUT2D eigenvalue weighted by molar-refractivity contribution is 5.66. The third kappa shape index (κ3) is 16.5. The van der Waals surface area contributed by atoms with E-state index in [1.54, 1.807) is 0 Å². The van der Waals surface area contributed by atoms with E-state index >= 15 is 0 Å². The molecule has 0 saturated heterocycles. The maximum atomic E-state index is 10.3. The molecular weight excluding hydrogens is 248 g/mol. The second kappa shape index (κ2) is 15.6. The normalized spacial score (nSPS) is 10.8. The Morgan fingerprint density at radius 1 is 1.00 bits per heavy atom. The maximum Gasteiger partial charge on any atom is 0.303 e. The van der Waals surface area contributed by atoms with Crippen molar-refractivity contribution in [1.82, 2.24) is 0 Å². The maximum absolute atomic E-state index is 10.3. The molecule has 0 aliphatic rings. The van der Waals surface area contributed by atoms with E-state index in [4.69, 9.17) is 5.11 Å². The van der Waals surface area contributed by atoms with Gasteiger partial charge in [-0.3, -0.25) is 4.79 Å². The molecule has 0 aromatic heterocycles. The van der Waals surface area contributed by atoms with Crippen molar-refractivity contribution in [3.8, 4) is 11.8 Å². The van der Waals surface area contributed by atoms with Gasteiger partial charge < -0.3 is 5.11 Å². The van der Waals surface area contributed by atoms with Crippen LogP contribution in [0.4, 0.5) is 0 Å². The standard InChI is InChI=1S/C18H28O2/c1-2-3-4-5-6-7-8-9-10-11-12-13-14-15-16-17-18(19)20/h9-10,12-13H,2-5,8,11,14-17H2,1H3,(H,19,20)/b10-9-,13-12-. The number of hydrogen-bond acceptors (Lipinski definition) is 1. The van der Waals surface area contributed by atoms with Gasteiger partial charge in [0, 0.05) is 19.3 Å². The summed E-state index contributed by atoms with van der Waals surface area (Å²) in [5.74, 6) is 5.64. The number of carboxylic acids is 1. The average molecular weight is 276 g/mol. The van der Waals surface area contributed by atoms with E-state index < -0.39 is 5.97 Å². The van der Waals surface area contributed by atoms with Crippen LogP contribution in [0.3, 0.4) is 0 Å². The van der Waals surface area contributed by atoms with Crippen molar-refractivity contribution in [3.63, 3.8) is 0 Å². The van der Waals surface area contributed by atoms with Crippen molar-refractivity contribution in [1.29, 1.82) is 0 Å². The van der Waals surface area contributed by atoms with E-state index in [-0.39, 0.29) is 6.42 Å². The molecule has 0 spiro atoms. The monoisotopic (exact) mass is 276 g/mol. The Bertz CT molecular complexity index is 342. The molecule has 0 radical (unpaired) electrons. The van der Waals surface area contributed by atoms with Gasteiger partial charge in [-0.25, -0.2) is 0 Å². The van der Waals surface area contributed by atoms with Crippen LogP contribution in [-0.4, -0.2) is 11.1 Å². The number of carboxylic acid groups (broad SMARTS) is 1. The molecular formula is C18H28O2. The predicted molar refractivity (Wildman–Crippen MR) is 85.5 cm³/mol. The molecule has 0 heterocycles. The summed E-state index contributed by atoms with van der Waals surface area (Å²) in [7, 11) is 0. The number of unbranched alkanes of at least 4 members (excludes halogenated alkanes) is 5. The van der Waals surface area contributed by atoms with Crippen LogP contribution in [0.5, 0.6) is 0 Å². The molecule has 1 N–H and O–H groups in total. The minimum Gasteiger partial charge on any atom is -0.481 e. The summed E-state index contributed by atoms with van der Waals surface area (Å²) in [4.78, 5) is 10.3. The largest absolute Gasteiger partial charge is 0.481 e. The summed E-state index contributed by atoms with van der Waals surface area (Å²) in [5.41, 5.74) is 0. The van der Waals surface area contributed by atoms with Crippen LogP contribution in [0.1, 0.15) is 71.1 Å².